The molecule has 0 spiro atoms. The molecule has 0 aliphatic heterocycles. The molecule has 1 aromatic heterocycles. The number of rotatable bonds is 5. The predicted octanol–water partition coefficient (Wildman–Crippen LogP) is 2.22. The molecule has 0 aliphatic carbocycles. The van der Waals surface area contributed by atoms with Crippen LogP contribution in [0.5, 0.6) is 5.75 Å². The smallest absolute Gasteiger partial charge is 0.230 e. The van der Waals surface area contributed by atoms with Crippen molar-refractivity contribution in [3.8, 4) is 5.75 Å². The molecule has 0 unspecified atom stereocenters. The summed E-state index contributed by atoms with van der Waals surface area (Å²) in [5.74, 6) is 2.52. The Hall–Kier alpha value is -2.37. The van der Waals surface area contributed by atoms with Crippen LogP contribution in [0.1, 0.15) is 31.2 Å². The van der Waals surface area contributed by atoms with E-state index in [4.69, 9.17) is 10.5 Å². The van der Waals surface area contributed by atoms with Crippen LogP contribution >= 0.6 is 0 Å². The van der Waals surface area contributed by atoms with Crippen molar-refractivity contribution in [2.45, 2.75) is 26.4 Å². The van der Waals surface area contributed by atoms with Crippen molar-refractivity contribution < 1.29 is 4.74 Å². The molecule has 0 aliphatic rings. The fraction of sp³-hybridized carbons (Fsp3) is 0.400. The van der Waals surface area contributed by atoms with Gasteiger partial charge in [-0.25, -0.2) is 0 Å². The van der Waals surface area contributed by atoms with Crippen LogP contribution in [-0.2, 0) is 6.61 Å². The van der Waals surface area contributed by atoms with Crippen LogP contribution in [0.4, 0.5) is 11.9 Å². The molecule has 0 fully saturated rings. The summed E-state index contributed by atoms with van der Waals surface area (Å²) < 4.78 is 5.69. The minimum Gasteiger partial charge on any atom is -0.486 e. The Kier molecular flexibility index (Phi) is 4.57. The van der Waals surface area contributed by atoms with E-state index in [9.17, 15) is 0 Å². The molecule has 21 heavy (non-hydrogen) atoms. The van der Waals surface area contributed by atoms with Gasteiger partial charge >= 0.3 is 0 Å². The highest BCUT2D eigenvalue weighted by Crippen LogP contribution is 2.19. The first-order valence-corrected chi connectivity index (χ1v) is 6.86. The predicted molar refractivity (Wildman–Crippen MR) is 83.4 cm³/mol. The van der Waals surface area contributed by atoms with E-state index in [-0.39, 0.29) is 12.6 Å². The SMILES string of the molecule is CC(C)c1ccc(OCc2nc(N)nc(N(C)C)n2)cc1. The second kappa shape index (κ2) is 6.39. The fourth-order valence-electron chi connectivity index (χ4n) is 1.79. The summed E-state index contributed by atoms with van der Waals surface area (Å²) in [6.45, 7) is 4.58. The van der Waals surface area contributed by atoms with Crippen molar-refractivity contribution in [1.82, 2.24) is 15.0 Å². The molecule has 0 amide bonds. The quantitative estimate of drug-likeness (QED) is 0.908. The number of ether oxygens (including phenoxy) is 1. The second-order valence-electron chi connectivity index (χ2n) is 5.32. The molecule has 1 heterocycles. The monoisotopic (exact) mass is 287 g/mol. The maximum absolute atomic E-state index is 5.69. The van der Waals surface area contributed by atoms with Crippen molar-refractivity contribution >= 4 is 11.9 Å². The Labute approximate surface area is 125 Å². The molecule has 6 heteroatoms. The molecule has 112 valence electrons. The highest BCUT2D eigenvalue weighted by molar-refractivity contribution is 5.33. The van der Waals surface area contributed by atoms with Crippen LogP contribution in [0.2, 0.25) is 0 Å². The van der Waals surface area contributed by atoms with Crippen molar-refractivity contribution in [2.24, 2.45) is 0 Å². The molecule has 0 saturated carbocycles. The number of hydrogen-bond donors (Lipinski definition) is 1. The summed E-state index contributed by atoms with van der Waals surface area (Å²) >= 11 is 0. The van der Waals surface area contributed by atoms with E-state index in [0.29, 0.717) is 17.7 Å². The van der Waals surface area contributed by atoms with Gasteiger partial charge in [-0.2, -0.15) is 15.0 Å². The minimum absolute atomic E-state index is 0.197. The van der Waals surface area contributed by atoms with Gasteiger partial charge in [-0.3, -0.25) is 0 Å². The molecule has 2 N–H and O–H groups in total. The average molecular weight is 287 g/mol. The van der Waals surface area contributed by atoms with E-state index < -0.39 is 0 Å². The van der Waals surface area contributed by atoms with Crippen molar-refractivity contribution in [3.05, 3.63) is 35.7 Å². The number of anilines is 2. The van der Waals surface area contributed by atoms with Crippen molar-refractivity contribution in [2.75, 3.05) is 24.7 Å². The van der Waals surface area contributed by atoms with Crippen LogP contribution in [0.15, 0.2) is 24.3 Å². The highest BCUT2D eigenvalue weighted by atomic mass is 16.5. The van der Waals surface area contributed by atoms with E-state index in [2.05, 4.69) is 40.9 Å². The lowest BCUT2D eigenvalue weighted by molar-refractivity contribution is 0.295. The number of nitrogen functional groups attached to an aromatic ring is 1. The molecule has 0 radical (unpaired) electrons. The van der Waals surface area contributed by atoms with Gasteiger partial charge in [0.1, 0.15) is 12.4 Å². The van der Waals surface area contributed by atoms with Gasteiger partial charge in [0.25, 0.3) is 0 Å². The fourth-order valence-corrected chi connectivity index (χ4v) is 1.79. The van der Waals surface area contributed by atoms with Crippen LogP contribution in [-0.4, -0.2) is 29.0 Å². The van der Waals surface area contributed by atoms with Gasteiger partial charge < -0.3 is 15.4 Å². The van der Waals surface area contributed by atoms with Gasteiger partial charge in [-0.05, 0) is 23.6 Å². The summed E-state index contributed by atoms with van der Waals surface area (Å²) in [5, 5.41) is 0. The third-order valence-electron chi connectivity index (χ3n) is 3.00. The Bertz CT molecular complexity index is 596. The normalized spacial score (nSPS) is 10.7. The van der Waals surface area contributed by atoms with E-state index >= 15 is 0 Å². The van der Waals surface area contributed by atoms with Crippen molar-refractivity contribution in [1.29, 1.82) is 0 Å². The molecule has 2 aromatic rings. The molecule has 6 nitrogen and oxygen atoms in total. The van der Waals surface area contributed by atoms with E-state index in [0.717, 1.165) is 5.75 Å². The summed E-state index contributed by atoms with van der Waals surface area (Å²) in [6.07, 6.45) is 0. The van der Waals surface area contributed by atoms with Gasteiger partial charge in [0.2, 0.25) is 11.9 Å². The Morgan fingerprint density at radius 2 is 1.76 bits per heavy atom. The minimum atomic E-state index is 0.197. The Morgan fingerprint density at radius 3 is 2.33 bits per heavy atom. The molecule has 0 bridgehead atoms. The zero-order chi connectivity index (χ0) is 15.4. The summed E-state index contributed by atoms with van der Waals surface area (Å²) in [7, 11) is 3.70. The van der Waals surface area contributed by atoms with E-state index in [1.54, 1.807) is 4.90 Å². The standard InChI is InChI=1S/C15H21N5O/c1-10(2)11-5-7-12(8-6-11)21-9-13-17-14(16)19-15(18-13)20(3)4/h5-8,10H,9H2,1-4H3,(H2,16,17,18,19). The molecule has 0 atom stereocenters. The average Bonchev–Trinajstić information content (AvgIpc) is 2.45. The third-order valence-corrected chi connectivity index (χ3v) is 3.00. The summed E-state index contributed by atoms with van der Waals surface area (Å²) in [4.78, 5) is 14.2. The van der Waals surface area contributed by atoms with Gasteiger partial charge in [0.15, 0.2) is 5.82 Å². The van der Waals surface area contributed by atoms with E-state index in [1.807, 2.05) is 26.2 Å². The molecular weight excluding hydrogens is 266 g/mol. The van der Waals surface area contributed by atoms with Crippen LogP contribution in [0.25, 0.3) is 0 Å². The zero-order valence-electron chi connectivity index (χ0n) is 12.9. The lowest BCUT2D eigenvalue weighted by atomic mass is 10.0. The molecule has 1 aromatic carbocycles. The van der Waals surface area contributed by atoms with Crippen LogP contribution < -0.4 is 15.4 Å². The van der Waals surface area contributed by atoms with E-state index in [1.165, 1.54) is 5.56 Å². The van der Waals surface area contributed by atoms with Crippen molar-refractivity contribution in [3.63, 3.8) is 0 Å². The largest absolute Gasteiger partial charge is 0.486 e. The number of hydrogen-bond acceptors (Lipinski definition) is 6. The number of benzene rings is 1. The lowest BCUT2D eigenvalue weighted by Gasteiger charge is -2.12. The molecule has 0 saturated heterocycles. The first-order valence-electron chi connectivity index (χ1n) is 6.86. The van der Waals surface area contributed by atoms with Gasteiger partial charge in [0.05, 0.1) is 0 Å². The molecular formula is C15H21N5O. The maximum Gasteiger partial charge on any atom is 0.230 e. The highest BCUT2D eigenvalue weighted by Gasteiger charge is 2.07. The summed E-state index contributed by atoms with van der Waals surface area (Å²) in [5.41, 5.74) is 6.95. The Morgan fingerprint density at radius 1 is 1.10 bits per heavy atom. The van der Waals surface area contributed by atoms with Gasteiger partial charge in [-0.1, -0.05) is 26.0 Å². The zero-order valence-corrected chi connectivity index (χ0v) is 12.9. The Balaban J connectivity index is 2.05. The second-order valence-corrected chi connectivity index (χ2v) is 5.32. The van der Waals surface area contributed by atoms with Crippen LogP contribution in [0, 0.1) is 0 Å². The maximum atomic E-state index is 5.69. The number of nitrogens with two attached hydrogens (primary N) is 1. The first-order chi connectivity index (χ1) is 9.95. The number of aromatic nitrogens is 3. The summed E-state index contributed by atoms with van der Waals surface area (Å²) in [6, 6.07) is 8.03. The number of nitrogens with zero attached hydrogens (tertiary/aromatic N) is 4. The van der Waals surface area contributed by atoms with Gasteiger partial charge in [-0.15, -0.1) is 0 Å². The van der Waals surface area contributed by atoms with Gasteiger partial charge in [0, 0.05) is 14.1 Å². The first kappa shape index (κ1) is 15.0. The van der Waals surface area contributed by atoms with Crippen LogP contribution in [0.3, 0.4) is 0 Å². The molecule has 2 rings (SSSR count). The lowest BCUT2D eigenvalue weighted by Crippen LogP contribution is -2.16. The third kappa shape index (κ3) is 4.05. The topological polar surface area (TPSA) is 77.2 Å².